The number of carbonyl (C=O) groups excluding carboxylic acids is 1. The van der Waals surface area contributed by atoms with Crippen molar-refractivity contribution in [3.05, 3.63) is 12.2 Å². The molecule has 10 heteroatoms. The first-order chi connectivity index (χ1) is 13.9. The maximum absolute atomic E-state index is 11.8. The molecule has 0 heterocycles. The zero-order valence-electron chi connectivity index (χ0n) is 20.0. The van der Waals surface area contributed by atoms with Gasteiger partial charge in [-0.15, -0.1) is 0 Å². The Labute approximate surface area is 188 Å². The average Bonchev–Trinajstić information content (AvgIpc) is 2.67. The summed E-state index contributed by atoms with van der Waals surface area (Å²) < 4.78 is 14.5. The lowest BCUT2D eigenvalue weighted by Crippen LogP contribution is -2.41. The van der Waals surface area contributed by atoms with Crippen LogP contribution in [-0.4, -0.2) is 30.3 Å². The molecule has 0 aliphatic rings. The van der Waals surface area contributed by atoms with E-state index in [0.717, 1.165) is 38.5 Å². The lowest BCUT2D eigenvalue weighted by molar-refractivity contribution is -0.342. The van der Waals surface area contributed by atoms with Crippen LogP contribution in [0.5, 0.6) is 0 Å². The first-order valence-corrected chi connectivity index (χ1v) is 12.6. The highest BCUT2D eigenvalue weighted by Crippen LogP contribution is 2.24. The number of carbonyl (C=O) groups is 1. The number of amides is 1. The van der Waals surface area contributed by atoms with E-state index in [2.05, 4.69) is 28.9 Å². The van der Waals surface area contributed by atoms with Crippen molar-refractivity contribution < 1.29 is 28.8 Å². The average molecular weight is 470 g/mol. The van der Waals surface area contributed by atoms with Gasteiger partial charge in [-0.05, 0) is 32.1 Å². The summed E-state index contributed by atoms with van der Waals surface area (Å²) in [5, 5.41) is 11.5. The van der Waals surface area contributed by atoms with E-state index < -0.39 is 27.1 Å². The van der Waals surface area contributed by atoms with Gasteiger partial charge in [-0.3, -0.25) is 4.79 Å². The van der Waals surface area contributed by atoms with Gasteiger partial charge in [0, 0.05) is 6.42 Å². The maximum Gasteiger partial charge on any atom is 0.220 e. The van der Waals surface area contributed by atoms with Crippen LogP contribution in [0.15, 0.2) is 12.2 Å². The van der Waals surface area contributed by atoms with Crippen molar-refractivity contribution >= 4 is 13.7 Å². The Balaban J connectivity index is -0.00000392. The molecule has 9 nitrogen and oxygen atoms in total. The summed E-state index contributed by atoms with van der Waals surface area (Å²) in [6.45, 7) is 1.21. The zero-order valence-corrected chi connectivity index (χ0v) is 20.9. The number of aliphatic hydroxyl groups is 1. The minimum absolute atomic E-state index is 0. The van der Waals surface area contributed by atoms with Crippen LogP contribution in [-0.2, 0) is 13.9 Å². The highest BCUT2D eigenvalue weighted by molar-refractivity contribution is 7.43. The Hall–Kier alpha value is -0.800. The lowest BCUT2D eigenvalue weighted by Gasteiger charge is -2.30. The molecule has 0 saturated heterocycles. The van der Waals surface area contributed by atoms with Gasteiger partial charge in [-0.1, -0.05) is 70.4 Å². The number of nitrogens with one attached hydrogen (secondary N) is 1. The molecule has 10 N–H and O–H groups in total. The van der Waals surface area contributed by atoms with Crippen LogP contribution in [0.2, 0.25) is 0 Å². The van der Waals surface area contributed by atoms with E-state index >= 15 is 0 Å². The first-order valence-electron chi connectivity index (χ1n) is 11.1. The Morgan fingerprint density at radius 1 is 0.935 bits per heavy atom. The fourth-order valence-corrected chi connectivity index (χ4v) is 3.34. The normalized spacial score (nSPS) is 12.3. The molecule has 31 heavy (non-hydrogen) atoms. The molecule has 0 spiro atoms. The third-order valence-corrected chi connectivity index (χ3v) is 5.15. The summed E-state index contributed by atoms with van der Waals surface area (Å²) >= 11 is 0. The van der Waals surface area contributed by atoms with Gasteiger partial charge in [0.2, 0.25) is 5.91 Å². The molecular weight excluding hydrogens is 421 g/mol. The van der Waals surface area contributed by atoms with Crippen molar-refractivity contribution in [1.82, 2.24) is 17.6 Å². The molecule has 0 aromatic rings. The maximum atomic E-state index is 11.8. The summed E-state index contributed by atoms with van der Waals surface area (Å²) in [4.78, 5) is 32.6. The Kier molecular flexibility index (Phi) is 26.8. The molecule has 1 amide bonds. The number of quaternary nitrogens is 2. The highest BCUT2D eigenvalue weighted by Gasteiger charge is 2.12. The second-order valence-corrected chi connectivity index (χ2v) is 8.68. The molecule has 0 aliphatic heterocycles. The largest absolute Gasteiger partial charge is 0.790 e. The summed E-state index contributed by atoms with van der Waals surface area (Å²) in [5.41, 5.74) is 0. The predicted octanol–water partition coefficient (Wildman–Crippen LogP) is 4.10. The van der Waals surface area contributed by atoms with Gasteiger partial charge in [0.25, 0.3) is 0 Å². The molecule has 0 aliphatic carbocycles. The van der Waals surface area contributed by atoms with E-state index in [4.69, 9.17) is 5.11 Å². The van der Waals surface area contributed by atoms with E-state index in [1.807, 2.05) is 0 Å². The standard InChI is InChI=1S/C21H42NO6P.2H3N/c1-2-3-4-5-6-7-8-9-10-11-12-13-14-15-16-17-21(24)22-20(18-23)19-28-29(25,26)27;;/h9-10,20,23H,2-8,11-19H2,1H3,(H,22,24)(H2,25,26,27);2*1H3. The van der Waals surface area contributed by atoms with Crippen LogP contribution < -0.4 is 27.4 Å². The molecule has 0 bridgehead atoms. The number of allylic oxidation sites excluding steroid dienone is 2. The molecule has 1 unspecified atom stereocenters. The number of hydrogen-bond acceptors (Lipinski definition) is 6. The highest BCUT2D eigenvalue weighted by atomic mass is 31.2. The third kappa shape index (κ3) is 27.2. The summed E-state index contributed by atoms with van der Waals surface area (Å²) in [6.07, 6.45) is 20.2. The first kappa shape index (κ1) is 34.8. The van der Waals surface area contributed by atoms with Crippen LogP contribution in [0.4, 0.5) is 0 Å². The second kappa shape index (κ2) is 23.9. The van der Waals surface area contributed by atoms with Crippen LogP contribution in [0.3, 0.4) is 0 Å². The molecule has 0 aromatic carbocycles. The van der Waals surface area contributed by atoms with Gasteiger partial charge in [0.15, 0.2) is 0 Å². The second-order valence-electron chi connectivity index (χ2n) is 7.52. The number of hydrogen-bond donors (Lipinski definition) is 4. The monoisotopic (exact) mass is 469 g/mol. The number of phosphoric ester groups is 1. The van der Waals surface area contributed by atoms with Gasteiger partial charge in [-0.25, -0.2) is 0 Å². The predicted molar refractivity (Wildman–Crippen MR) is 124 cm³/mol. The van der Waals surface area contributed by atoms with Crippen molar-refractivity contribution in [1.29, 1.82) is 0 Å². The van der Waals surface area contributed by atoms with E-state index in [-0.39, 0.29) is 18.2 Å². The molecular formula is C21H48N3O6P. The molecule has 188 valence electrons. The van der Waals surface area contributed by atoms with E-state index in [0.29, 0.717) is 6.42 Å². The van der Waals surface area contributed by atoms with Crippen LogP contribution in [0, 0.1) is 0 Å². The topological polar surface area (TPSA) is 195 Å². The smallest absolute Gasteiger partial charge is 0.220 e. The molecule has 0 aromatic heterocycles. The molecule has 0 saturated carbocycles. The van der Waals surface area contributed by atoms with Crippen molar-refractivity contribution in [2.45, 2.75) is 103 Å². The van der Waals surface area contributed by atoms with Crippen LogP contribution in [0.25, 0.3) is 0 Å². The van der Waals surface area contributed by atoms with Gasteiger partial charge >= 0.3 is 0 Å². The molecule has 1 atom stereocenters. The number of rotatable bonds is 20. The number of unbranched alkanes of at least 4 members (excludes halogenated alkanes) is 11. The summed E-state index contributed by atoms with van der Waals surface area (Å²) in [6, 6.07) is -0.887. The molecule has 0 radical (unpaired) electrons. The Morgan fingerprint density at radius 3 is 1.90 bits per heavy atom. The molecule has 0 rings (SSSR count). The quantitative estimate of drug-likeness (QED) is 0.118. The minimum atomic E-state index is -5.10. The van der Waals surface area contributed by atoms with Gasteiger partial charge in [0.05, 0.1) is 27.1 Å². The van der Waals surface area contributed by atoms with Crippen LogP contribution >= 0.6 is 7.82 Å². The summed E-state index contributed by atoms with van der Waals surface area (Å²) in [5.74, 6) is -0.281. The molecule has 0 fully saturated rings. The summed E-state index contributed by atoms with van der Waals surface area (Å²) in [7, 11) is -5.10. The third-order valence-electron chi connectivity index (χ3n) is 4.68. The van der Waals surface area contributed by atoms with Crippen molar-refractivity contribution in [3.63, 3.8) is 0 Å². The number of phosphoric acid groups is 1. The van der Waals surface area contributed by atoms with Crippen LogP contribution in [0.1, 0.15) is 96.8 Å². The van der Waals surface area contributed by atoms with Crippen molar-refractivity contribution in [2.24, 2.45) is 0 Å². The van der Waals surface area contributed by atoms with Gasteiger partial charge < -0.3 is 41.6 Å². The lowest BCUT2D eigenvalue weighted by atomic mass is 10.1. The van der Waals surface area contributed by atoms with Crippen molar-refractivity contribution in [3.8, 4) is 0 Å². The van der Waals surface area contributed by atoms with Gasteiger partial charge in [0.1, 0.15) is 0 Å². The fourth-order valence-electron chi connectivity index (χ4n) is 2.98. The minimum Gasteiger partial charge on any atom is -0.790 e. The zero-order chi connectivity index (χ0) is 21.8. The van der Waals surface area contributed by atoms with Gasteiger partial charge in [-0.2, -0.15) is 0 Å². The Morgan fingerprint density at radius 2 is 1.42 bits per heavy atom. The fraction of sp³-hybridized carbons (Fsp3) is 0.857. The van der Waals surface area contributed by atoms with E-state index in [9.17, 15) is 19.1 Å². The SMILES string of the molecule is CCCCCCCCC=CCCCCCCCC(=O)NC(CO)COP(=O)([O-])[O-].[NH4+].[NH4+]. The van der Waals surface area contributed by atoms with E-state index in [1.165, 1.54) is 44.9 Å². The van der Waals surface area contributed by atoms with E-state index in [1.54, 1.807) is 0 Å². The number of aliphatic hydroxyl groups excluding tert-OH is 1. The Bertz CT molecular complexity index is 474. The van der Waals surface area contributed by atoms with Crippen molar-refractivity contribution in [2.75, 3.05) is 13.2 Å².